The van der Waals surface area contributed by atoms with E-state index in [0.29, 0.717) is 0 Å². The van der Waals surface area contributed by atoms with Crippen molar-refractivity contribution in [3.63, 3.8) is 0 Å². The molecular weight excluding hydrogens is 364 g/mol. The largest absolute Gasteiger partial charge is 0.333 e. The molecule has 2 atom stereocenters. The Labute approximate surface area is 170 Å². The number of nitrogens with zero attached hydrogens (tertiary/aromatic N) is 4. The van der Waals surface area contributed by atoms with Crippen molar-refractivity contribution < 1.29 is 4.79 Å². The monoisotopic (exact) mass is 388 g/mol. The Morgan fingerprint density at radius 2 is 1.93 bits per heavy atom. The summed E-state index contributed by atoms with van der Waals surface area (Å²) in [4.78, 5) is 20.8. The first-order chi connectivity index (χ1) is 14.2. The van der Waals surface area contributed by atoms with E-state index in [2.05, 4.69) is 37.4 Å². The number of allylic oxidation sites excluding steroid dienone is 2. The lowest BCUT2D eigenvalue weighted by Gasteiger charge is -2.25. The van der Waals surface area contributed by atoms with E-state index >= 15 is 0 Å². The SMILES string of the molecule is C=CC=C(N=CC)c1nnc(-c2ccccn2)c2c1CCC1NC(=O)NC1CC2. The van der Waals surface area contributed by atoms with Crippen LogP contribution in [0.5, 0.6) is 0 Å². The molecule has 0 bridgehead atoms. The molecule has 2 unspecified atom stereocenters. The molecule has 0 spiro atoms. The molecule has 0 saturated carbocycles. The fraction of sp³-hybridized carbons (Fsp3) is 0.318. The second kappa shape index (κ2) is 8.34. The minimum Gasteiger partial charge on any atom is -0.333 e. The predicted octanol–water partition coefficient (Wildman–Crippen LogP) is 3.08. The fourth-order valence-electron chi connectivity index (χ4n) is 4.12. The second-order valence-corrected chi connectivity index (χ2v) is 7.15. The Balaban J connectivity index is 1.85. The zero-order valence-corrected chi connectivity index (χ0v) is 16.4. The molecule has 0 aromatic carbocycles. The van der Waals surface area contributed by atoms with Gasteiger partial charge in [0.2, 0.25) is 0 Å². The van der Waals surface area contributed by atoms with Crippen LogP contribution in [0.3, 0.4) is 0 Å². The first kappa shape index (κ1) is 19.0. The van der Waals surface area contributed by atoms with Gasteiger partial charge in [-0.05, 0) is 61.9 Å². The van der Waals surface area contributed by atoms with Gasteiger partial charge >= 0.3 is 6.03 Å². The van der Waals surface area contributed by atoms with Crippen LogP contribution in [0.2, 0.25) is 0 Å². The maximum atomic E-state index is 11.8. The number of amides is 2. The molecule has 2 aromatic heterocycles. The van der Waals surface area contributed by atoms with E-state index in [4.69, 9.17) is 0 Å². The summed E-state index contributed by atoms with van der Waals surface area (Å²) in [6.07, 6.45) is 10.3. The number of fused-ring (bicyclic) bond motifs is 2. The zero-order valence-electron chi connectivity index (χ0n) is 16.4. The van der Waals surface area contributed by atoms with Gasteiger partial charge in [-0.25, -0.2) is 4.79 Å². The van der Waals surface area contributed by atoms with E-state index in [1.165, 1.54) is 0 Å². The Kier molecular flexibility index (Phi) is 5.46. The quantitative estimate of drug-likeness (QED) is 0.622. The fourth-order valence-corrected chi connectivity index (χ4v) is 4.12. The number of hydrogen-bond donors (Lipinski definition) is 2. The van der Waals surface area contributed by atoms with E-state index in [-0.39, 0.29) is 18.1 Å². The summed E-state index contributed by atoms with van der Waals surface area (Å²) in [5, 5.41) is 15.2. The highest BCUT2D eigenvalue weighted by Gasteiger charge is 2.34. The summed E-state index contributed by atoms with van der Waals surface area (Å²) in [5.41, 5.74) is 5.38. The molecule has 29 heavy (non-hydrogen) atoms. The lowest BCUT2D eigenvalue weighted by molar-refractivity contribution is 0.246. The van der Waals surface area contributed by atoms with E-state index in [9.17, 15) is 4.79 Å². The topological polar surface area (TPSA) is 92.2 Å². The molecule has 2 aliphatic rings. The number of urea groups is 1. The van der Waals surface area contributed by atoms with Gasteiger partial charge in [0.1, 0.15) is 11.4 Å². The van der Waals surface area contributed by atoms with E-state index in [1.807, 2.05) is 31.2 Å². The van der Waals surface area contributed by atoms with Crippen molar-refractivity contribution in [3.05, 3.63) is 59.9 Å². The van der Waals surface area contributed by atoms with Crippen LogP contribution in [0.4, 0.5) is 4.79 Å². The van der Waals surface area contributed by atoms with Crippen LogP contribution in [0.25, 0.3) is 17.1 Å². The van der Waals surface area contributed by atoms with E-state index < -0.39 is 0 Å². The average molecular weight is 388 g/mol. The van der Waals surface area contributed by atoms with Crippen LogP contribution >= 0.6 is 0 Å². The molecule has 1 aliphatic heterocycles. The van der Waals surface area contributed by atoms with Crippen LogP contribution in [-0.4, -0.2) is 39.5 Å². The average Bonchev–Trinajstić information content (AvgIpc) is 3.08. The van der Waals surface area contributed by atoms with Crippen LogP contribution in [0.15, 0.2) is 48.1 Å². The number of nitrogens with one attached hydrogen (secondary N) is 2. The molecule has 2 aromatic rings. The van der Waals surface area contributed by atoms with Gasteiger partial charge in [0.05, 0.1) is 23.5 Å². The van der Waals surface area contributed by atoms with Gasteiger partial charge in [0.25, 0.3) is 0 Å². The molecule has 148 valence electrons. The third-order valence-electron chi connectivity index (χ3n) is 5.41. The smallest absolute Gasteiger partial charge is 0.315 e. The minimum atomic E-state index is -0.0878. The van der Waals surface area contributed by atoms with Crippen molar-refractivity contribution in [2.24, 2.45) is 4.99 Å². The van der Waals surface area contributed by atoms with Gasteiger partial charge < -0.3 is 10.6 Å². The van der Waals surface area contributed by atoms with Gasteiger partial charge in [-0.2, -0.15) is 0 Å². The lowest BCUT2D eigenvalue weighted by Crippen LogP contribution is -2.36. The molecule has 2 amide bonds. The highest BCUT2D eigenvalue weighted by Crippen LogP contribution is 2.32. The molecule has 1 fully saturated rings. The molecule has 7 heteroatoms. The second-order valence-electron chi connectivity index (χ2n) is 7.15. The number of pyridine rings is 1. The predicted molar refractivity (Wildman–Crippen MR) is 113 cm³/mol. The number of carbonyl (C=O) groups excluding carboxylic acids is 1. The standard InChI is InChI=1S/C22H24N6O/c1-3-7-18(23-4-2)20-14-9-11-16-17(26-22(29)25-16)12-10-15(14)21(28-27-20)19-8-5-6-13-24-19/h3-8,13,16-17H,1,9-12H2,2H3,(H2,25,26,29). The Hall–Kier alpha value is -3.35. The van der Waals surface area contributed by atoms with Gasteiger partial charge in [-0.1, -0.05) is 18.7 Å². The van der Waals surface area contributed by atoms with Crippen LogP contribution in [0.1, 0.15) is 36.6 Å². The molecule has 7 nitrogen and oxygen atoms in total. The van der Waals surface area contributed by atoms with Crippen molar-refractivity contribution >= 4 is 17.9 Å². The number of hydrogen-bond acceptors (Lipinski definition) is 5. The molecule has 1 aliphatic carbocycles. The van der Waals surface area contributed by atoms with Crippen LogP contribution < -0.4 is 10.6 Å². The van der Waals surface area contributed by atoms with Gasteiger partial charge in [0.15, 0.2) is 0 Å². The van der Waals surface area contributed by atoms with Crippen molar-refractivity contribution in [3.8, 4) is 11.4 Å². The molecule has 3 heterocycles. The molecule has 2 N–H and O–H groups in total. The normalized spacial score (nSPS) is 21.6. The first-order valence-electron chi connectivity index (χ1n) is 9.90. The maximum Gasteiger partial charge on any atom is 0.315 e. The highest BCUT2D eigenvalue weighted by molar-refractivity contribution is 5.78. The molecule has 4 rings (SSSR count). The molecule has 1 saturated heterocycles. The van der Waals surface area contributed by atoms with Gasteiger partial charge in [-0.15, -0.1) is 10.2 Å². The molecule has 0 radical (unpaired) electrons. The van der Waals surface area contributed by atoms with Crippen LogP contribution in [0, 0.1) is 0 Å². The number of aliphatic imine (C=N–C) groups is 1. The van der Waals surface area contributed by atoms with Crippen molar-refractivity contribution in [1.82, 2.24) is 25.8 Å². The number of carbonyl (C=O) groups is 1. The highest BCUT2D eigenvalue weighted by atomic mass is 16.2. The zero-order chi connectivity index (χ0) is 20.2. The van der Waals surface area contributed by atoms with E-state index in [1.54, 1.807) is 18.5 Å². The first-order valence-corrected chi connectivity index (χ1v) is 9.90. The van der Waals surface area contributed by atoms with Crippen molar-refractivity contribution in [2.45, 2.75) is 44.7 Å². The summed E-state index contributed by atoms with van der Waals surface area (Å²) >= 11 is 0. The van der Waals surface area contributed by atoms with Gasteiger partial charge in [0, 0.05) is 12.4 Å². The summed E-state index contributed by atoms with van der Waals surface area (Å²) in [6.45, 7) is 5.68. The van der Waals surface area contributed by atoms with Crippen LogP contribution in [-0.2, 0) is 12.8 Å². The lowest BCUT2D eigenvalue weighted by atomic mass is 9.86. The summed E-state index contributed by atoms with van der Waals surface area (Å²) in [7, 11) is 0. The number of aromatic nitrogens is 3. The summed E-state index contributed by atoms with van der Waals surface area (Å²) in [6, 6.07) is 5.96. The number of rotatable bonds is 4. The van der Waals surface area contributed by atoms with Crippen molar-refractivity contribution in [2.75, 3.05) is 0 Å². The van der Waals surface area contributed by atoms with Gasteiger partial charge in [-0.3, -0.25) is 9.98 Å². The van der Waals surface area contributed by atoms with E-state index in [0.717, 1.165) is 59.6 Å². The Bertz CT molecular complexity index is 982. The third-order valence-corrected chi connectivity index (χ3v) is 5.41. The maximum absolute atomic E-state index is 11.8. The third kappa shape index (κ3) is 3.81. The Morgan fingerprint density at radius 3 is 2.59 bits per heavy atom. The summed E-state index contributed by atoms with van der Waals surface area (Å²) in [5.74, 6) is 0. The minimum absolute atomic E-state index is 0.0878. The summed E-state index contributed by atoms with van der Waals surface area (Å²) < 4.78 is 0. The van der Waals surface area contributed by atoms with Crippen molar-refractivity contribution in [1.29, 1.82) is 0 Å². The molecular formula is C22H24N6O. The Morgan fingerprint density at radius 1 is 1.17 bits per heavy atom.